The summed E-state index contributed by atoms with van der Waals surface area (Å²) in [7, 11) is 0. The fourth-order valence-corrected chi connectivity index (χ4v) is 2.35. The van der Waals surface area contributed by atoms with E-state index in [0.717, 1.165) is 17.7 Å². The molecule has 0 saturated carbocycles. The van der Waals surface area contributed by atoms with Crippen LogP contribution in [0.15, 0.2) is 67.3 Å². The molecule has 1 heterocycles. The van der Waals surface area contributed by atoms with Gasteiger partial charge in [-0.05, 0) is 36.2 Å². The summed E-state index contributed by atoms with van der Waals surface area (Å²) in [6, 6.07) is 17.3. The Morgan fingerprint density at radius 1 is 1.08 bits per heavy atom. The second-order valence-electron chi connectivity index (χ2n) is 5.53. The minimum absolute atomic E-state index is 0.0896. The van der Waals surface area contributed by atoms with Gasteiger partial charge in [0, 0.05) is 18.7 Å². The number of carbonyl (C=O) groups is 1. The van der Waals surface area contributed by atoms with Crippen molar-refractivity contribution in [2.45, 2.75) is 13.0 Å². The molecule has 0 atom stereocenters. The molecule has 3 rings (SSSR count). The van der Waals surface area contributed by atoms with Gasteiger partial charge in [-0.1, -0.05) is 30.3 Å². The Bertz CT molecular complexity index is 771. The summed E-state index contributed by atoms with van der Waals surface area (Å²) in [5, 5.41) is 6.95. The van der Waals surface area contributed by atoms with Crippen molar-refractivity contribution in [3.8, 4) is 5.69 Å². The van der Waals surface area contributed by atoms with Crippen LogP contribution >= 0.6 is 0 Å². The molecule has 25 heavy (non-hydrogen) atoms. The molecule has 0 aliphatic heterocycles. The van der Waals surface area contributed by atoms with Gasteiger partial charge in [0.2, 0.25) is 0 Å². The zero-order valence-electron chi connectivity index (χ0n) is 13.8. The van der Waals surface area contributed by atoms with Crippen LogP contribution in [0.4, 0.5) is 0 Å². The number of carbonyl (C=O) groups excluding carboxylic acids is 1. The van der Waals surface area contributed by atoms with Crippen molar-refractivity contribution in [1.82, 2.24) is 20.1 Å². The highest BCUT2D eigenvalue weighted by atomic mass is 16.5. The molecular weight excluding hydrogens is 316 g/mol. The van der Waals surface area contributed by atoms with Gasteiger partial charge in [-0.3, -0.25) is 4.79 Å². The van der Waals surface area contributed by atoms with Crippen LogP contribution in [0.25, 0.3) is 5.69 Å². The molecule has 6 heteroatoms. The van der Waals surface area contributed by atoms with Crippen LogP contribution in [0, 0.1) is 0 Å². The molecule has 3 aromatic rings. The van der Waals surface area contributed by atoms with Gasteiger partial charge < -0.3 is 10.1 Å². The smallest absolute Gasteiger partial charge is 0.251 e. The lowest BCUT2D eigenvalue weighted by Gasteiger charge is -2.07. The molecule has 0 radical (unpaired) electrons. The lowest BCUT2D eigenvalue weighted by Crippen LogP contribution is -2.25. The van der Waals surface area contributed by atoms with E-state index in [0.29, 0.717) is 25.3 Å². The zero-order valence-corrected chi connectivity index (χ0v) is 13.8. The van der Waals surface area contributed by atoms with E-state index < -0.39 is 0 Å². The predicted molar refractivity (Wildman–Crippen MR) is 94.4 cm³/mol. The summed E-state index contributed by atoms with van der Waals surface area (Å²) < 4.78 is 7.24. The summed E-state index contributed by atoms with van der Waals surface area (Å²) >= 11 is 0. The number of benzene rings is 2. The van der Waals surface area contributed by atoms with Crippen molar-refractivity contribution in [2.24, 2.45) is 0 Å². The molecule has 0 aliphatic rings. The normalized spacial score (nSPS) is 10.6. The summed E-state index contributed by atoms with van der Waals surface area (Å²) in [4.78, 5) is 16.0. The molecular formula is C19H20N4O2. The number of rotatable bonds is 8. The van der Waals surface area contributed by atoms with Crippen molar-refractivity contribution in [3.63, 3.8) is 0 Å². The van der Waals surface area contributed by atoms with Crippen LogP contribution in [-0.2, 0) is 11.3 Å². The number of hydrogen-bond donors (Lipinski definition) is 1. The Balaban J connectivity index is 1.36. The third kappa shape index (κ3) is 4.99. The Hall–Kier alpha value is -2.99. The molecule has 1 amide bonds. The third-order valence-corrected chi connectivity index (χ3v) is 3.68. The highest BCUT2D eigenvalue weighted by molar-refractivity contribution is 5.94. The van der Waals surface area contributed by atoms with E-state index in [4.69, 9.17) is 4.74 Å². The van der Waals surface area contributed by atoms with Gasteiger partial charge in [0.1, 0.15) is 12.7 Å². The first-order chi connectivity index (χ1) is 12.3. The maximum atomic E-state index is 12.1. The Morgan fingerprint density at radius 3 is 2.60 bits per heavy atom. The predicted octanol–water partition coefficient (Wildman–Crippen LogP) is 2.60. The zero-order chi connectivity index (χ0) is 17.3. The minimum atomic E-state index is -0.0896. The molecule has 6 nitrogen and oxygen atoms in total. The second-order valence-corrected chi connectivity index (χ2v) is 5.53. The lowest BCUT2D eigenvalue weighted by atomic mass is 10.2. The summed E-state index contributed by atoms with van der Waals surface area (Å²) in [5.74, 6) is -0.0896. The van der Waals surface area contributed by atoms with Gasteiger partial charge in [0.05, 0.1) is 12.3 Å². The molecule has 0 saturated heterocycles. The third-order valence-electron chi connectivity index (χ3n) is 3.68. The van der Waals surface area contributed by atoms with Crippen LogP contribution < -0.4 is 5.32 Å². The average Bonchev–Trinajstić information content (AvgIpc) is 3.20. The Morgan fingerprint density at radius 2 is 1.88 bits per heavy atom. The van der Waals surface area contributed by atoms with E-state index >= 15 is 0 Å². The molecule has 1 N–H and O–H groups in total. The standard InChI is InChI=1S/C19H20N4O2/c24-19(17-7-9-18(10-8-17)23-15-20-14-22-23)21-11-4-12-25-13-16-5-2-1-3-6-16/h1-3,5-10,14-15H,4,11-13H2,(H,21,24). The maximum absolute atomic E-state index is 12.1. The van der Waals surface area contributed by atoms with Gasteiger partial charge in [-0.25, -0.2) is 9.67 Å². The molecule has 2 aromatic carbocycles. The summed E-state index contributed by atoms with van der Waals surface area (Å²) in [6.07, 6.45) is 3.86. The van der Waals surface area contributed by atoms with Crippen molar-refractivity contribution >= 4 is 5.91 Å². The van der Waals surface area contributed by atoms with Crippen LogP contribution in [-0.4, -0.2) is 33.8 Å². The van der Waals surface area contributed by atoms with Crippen molar-refractivity contribution in [1.29, 1.82) is 0 Å². The first-order valence-electron chi connectivity index (χ1n) is 8.18. The monoisotopic (exact) mass is 336 g/mol. The van der Waals surface area contributed by atoms with Gasteiger partial charge in [-0.15, -0.1) is 0 Å². The number of nitrogens with zero attached hydrogens (tertiary/aromatic N) is 3. The van der Waals surface area contributed by atoms with E-state index in [2.05, 4.69) is 15.4 Å². The van der Waals surface area contributed by atoms with Gasteiger partial charge >= 0.3 is 0 Å². The fourth-order valence-electron chi connectivity index (χ4n) is 2.35. The largest absolute Gasteiger partial charge is 0.377 e. The van der Waals surface area contributed by atoms with Crippen molar-refractivity contribution < 1.29 is 9.53 Å². The fraction of sp³-hybridized carbons (Fsp3) is 0.211. The van der Waals surface area contributed by atoms with E-state index in [9.17, 15) is 4.79 Å². The average molecular weight is 336 g/mol. The maximum Gasteiger partial charge on any atom is 0.251 e. The van der Waals surface area contributed by atoms with E-state index in [1.165, 1.54) is 6.33 Å². The molecule has 0 fully saturated rings. The molecule has 128 valence electrons. The molecule has 1 aromatic heterocycles. The molecule has 0 unspecified atom stereocenters. The van der Waals surface area contributed by atoms with Crippen molar-refractivity contribution in [2.75, 3.05) is 13.2 Å². The van der Waals surface area contributed by atoms with Crippen molar-refractivity contribution in [3.05, 3.63) is 78.4 Å². The van der Waals surface area contributed by atoms with E-state index in [-0.39, 0.29) is 5.91 Å². The number of aromatic nitrogens is 3. The number of amides is 1. The SMILES string of the molecule is O=C(NCCCOCc1ccccc1)c1ccc(-n2cncn2)cc1. The number of ether oxygens (including phenoxy) is 1. The van der Waals surface area contributed by atoms with Crippen LogP contribution in [0.2, 0.25) is 0 Å². The topological polar surface area (TPSA) is 69.0 Å². The minimum Gasteiger partial charge on any atom is -0.377 e. The lowest BCUT2D eigenvalue weighted by molar-refractivity contribution is 0.0934. The first kappa shape index (κ1) is 16.9. The molecule has 0 aliphatic carbocycles. The highest BCUT2D eigenvalue weighted by Gasteiger charge is 2.05. The van der Waals surface area contributed by atoms with Crippen LogP contribution in [0.5, 0.6) is 0 Å². The summed E-state index contributed by atoms with van der Waals surface area (Å²) in [6.45, 7) is 1.79. The van der Waals surface area contributed by atoms with E-state index in [1.807, 2.05) is 42.5 Å². The van der Waals surface area contributed by atoms with Gasteiger partial charge in [0.15, 0.2) is 0 Å². The van der Waals surface area contributed by atoms with Crippen LogP contribution in [0.1, 0.15) is 22.3 Å². The molecule has 0 bridgehead atoms. The van der Waals surface area contributed by atoms with E-state index in [1.54, 1.807) is 23.1 Å². The summed E-state index contributed by atoms with van der Waals surface area (Å²) in [5.41, 5.74) is 2.64. The Labute approximate surface area is 146 Å². The second kappa shape index (κ2) is 8.75. The van der Waals surface area contributed by atoms with Gasteiger partial charge in [0.25, 0.3) is 5.91 Å². The number of nitrogens with one attached hydrogen (secondary N) is 1. The highest BCUT2D eigenvalue weighted by Crippen LogP contribution is 2.08. The first-order valence-corrected chi connectivity index (χ1v) is 8.18. The van der Waals surface area contributed by atoms with Gasteiger partial charge in [-0.2, -0.15) is 5.10 Å². The quantitative estimate of drug-likeness (QED) is 0.642. The number of hydrogen-bond acceptors (Lipinski definition) is 4. The Kier molecular flexibility index (Phi) is 5.90. The molecule has 0 spiro atoms. The van der Waals surface area contributed by atoms with Crippen LogP contribution in [0.3, 0.4) is 0 Å².